The van der Waals surface area contributed by atoms with Crippen LogP contribution in [0.25, 0.3) is 0 Å². The van der Waals surface area contributed by atoms with E-state index in [9.17, 15) is 13.2 Å². The second-order valence-corrected chi connectivity index (χ2v) is 9.57. The average molecular weight is 395 g/mol. The summed E-state index contributed by atoms with van der Waals surface area (Å²) < 4.78 is 25.5. The van der Waals surface area contributed by atoms with E-state index < -0.39 is 10.0 Å². The third kappa shape index (κ3) is 4.66. The number of hydrogen-bond donors (Lipinski definition) is 1. The van der Waals surface area contributed by atoms with Crippen molar-refractivity contribution in [3.05, 3.63) is 40.9 Å². The molecule has 0 spiro atoms. The van der Waals surface area contributed by atoms with E-state index in [4.69, 9.17) is 0 Å². The summed E-state index contributed by atoms with van der Waals surface area (Å²) in [4.78, 5) is 12.5. The van der Waals surface area contributed by atoms with Gasteiger partial charge in [0.1, 0.15) is 5.01 Å². The highest BCUT2D eigenvalue weighted by atomic mass is 32.2. The summed E-state index contributed by atoms with van der Waals surface area (Å²) in [6, 6.07) is 9.94. The predicted molar refractivity (Wildman–Crippen MR) is 102 cm³/mol. The van der Waals surface area contributed by atoms with Gasteiger partial charge in [0.05, 0.1) is 11.7 Å². The highest BCUT2D eigenvalue weighted by Crippen LogP contribution is 2.23. The molecule has 0 saturated carbocycles. The molecule has 0 bridgehead atoms. The van der Waals surface area contributed by atoms with E-state index in [-0.39, 0.29) is 24.1 Å². The molecule has 7 nitrogen and oxygen atoms in total. The number of hydrogen-bond acceptors (Lipinski definition) is 6. The van der Waals surface area contributed by atoms with Gasteiger partial charge in [-0.25, -0.2) is 12.7 Å². The Morgan fingerprint density at radius 2 is 2.08 bits per heavy atom. The van der Waals surface area contributed by atoms with Crippen LogP contribution in [0.1, 0.15) is 30.3 Å². The summed E-state index contributed by atoms with van der Waals surface area (Å²) in [5.41, 5.74) is 1.13. The van der Waals surface area contributed by atoms with Crippen LogP contribution in [-0.2, 0) is 21.2 Å². The van der Waals surface area contributed by atoms with Crippen molar-refractivity contribution in [3.63, 3.8) is 0 Å². The van der Waals surface area contributed by atoms with Gasteiger partial charge in [0.15, 0.2) is 0 Å². The van der Waals surface area contributed by atoms with Crippen LogP contribution in [0.4, 0.5) is 5.13 Å². The largest absolute Gasteiger partial charge is 0.300 e. The Hall–Kier alpha value is -1.84. The van der Waals surface area contributed by atoms with Crippen molar-refractivity contribution >= 4 is 32.4 Å². The minimum Gasteiger partial charge on any atom is -0.300 e. The van der Waals surface area contributed by atoms with Gasteiger partial charge in [0.2, 0.25) is 21.1 Å². The Labute approximate surface area is 157 Å². The van der Waals surface area contributed by atoms with Crippen LogP contribution in [0.3, 0.4) is 0 Å². The van der Waals surface area contributed by atoms with Gasteiger partial charge in [-0.2, -0.15) is 0 Å². The predicted octanol–water partition coefficient (Wildman–Crippen LogP) is 2.13. The molecule has 140 valence electrons. The second-order valence-electron chi connectivity index (χ2n) is 6.25. The number of nitrogens with one attached hydrogen (secondary N) is 1. The third-order valence-corrected chi connectivity index (χ3v) is 7.09. The molecule has 2 aromatic rings. The molecule has 2 heterocycles. The van der Waals surface area contributed by atoms with Crippen molar-refractivity contribution in [2.75, 3.05) is 24.2 Å². The fourth-order valence-electron chi connectivity index (χ4n) is 2.95. The molecule has 1 atom stereocenters. The third-order valence-electron chi connectivity index (χ3n) is 4.41. The summed E-state index contributed by atoms with van der Waals surface area (Å²) in [7, 11) is -3.26. The fourth-order valence-corrected chi connectivity index (χ4v) is 4.90. The van der Waals surface area contributed by atoms with Gasteiger partial charge in [-0.05, 0) is 25.3 Å². The number of amides is 1. The lowest BCUT2D eigenvalue weighted by Gasteiger charge is -2.30. The van der Waals surface area contributed by atoms with Crippen LogP contribution in [0.2, 0.25) is 0 Å². The standard InChI is InChI=1S/C17H22N4O3S2/c1-2-26(23,24)21-10-6-9-14(12-21)16(22)18-17-20-19-15(25-17)11-13-7-4-3-5-8-13/h3-5,7-8,14H,2,6,9-12H2,1H3,(H,18,20,22)/t14-/m0/s1. The molecule has 0 aliphatic carbocycles. The van der Waals surface area contributed by atoms with Crippen LogP contribution in [0.5, 0.6) is 0 Å². The molecule has 1 saturated heterocycles. The van der Waals surface area contributed by atoms with Crippen molar-refractivity contribution in [3.8, 4) is 0 Å². The van der Waals surface area contributed by atoms with Crippen LogP contribution >= 0.6 is 11.3 Å². The van der Waals surface area contributed by atoms with Gasteiger partial charge < -0.3 is 5.32 Å². The van der Waals surface area contributed by atoms with Crippen molar-refractivity contribution < 1.29 is 13.2 Å². The molecule has 1 amide bonds. The summed E-state index contributed by atoms with van der Waals surface area (Å²) in [6.45, 7) is 2.34. The molecule has 0 unspecified atom stereocenters. The van der Waals surface area contributed by atoms with E-state index in [0.717, 1.165) is 10.6 Å². The molecule has 1 aliphatic heterocycles. The zero-order valence-corrected chi connectivity index (χ0v) is 16.2. The first-order valence-corrected chi connectivity index (χ1v) is 11.1. The zero-order valence-electron chi connectivity index (χ0n) is 14.6. The highest BCUT2D eigenvalue weighted by Gasteiger charge is 2.31. The SMILES string of the molecule is CCS(=O)(=O)N1CCC[C@H](C(=O)Nc2nnc(Cc3ccccc3)s2)C1. The molecule has 1 aromatic carbocycles. The van der Waals surface area contributed by atoms with E-state index >= 15 is 0 Å². The summed E-state index contributed by atoms with van der Waals surface area (Å²) >= 11 is 1.34. The smallest absolute Gasteiger partial charge is 0.230 e. The lowest BCUT2D eigenvalue weighted by molar-refractivity contribution is -0.120. The Kier molecular flexibility index (Phi) is 6.00. The molecule has 0 radical (unpaired) electrons. The van der Waals surface area contributed by atoms with Crippen LogP contribution in [0, 0.1) is 5.92 Å². The Bertz CT molecular complexity index is 852. The molecule has 3 rings (SSSR count). The van der Waals surface area contributed by atoms with Crippen molar-refractivity contribution in [2.45, 2.75) is 26.2 Å². The molecule has 1 fully saturated rings. The highest BCUT2D eigenvalue weighted by molar-refractivity contribution is 7.89. The molecule has 9 heteroatoms. The number of benzene rings is 1. The zero-order chi connectivity index (χ0) is 18.6. The van der Waals surface area contributed by atoms with Gasteiger partial charge in [-0.1, -0.05) is 41.7 Å². The van der Waals surface area contributed by atoms with E-state index in [0.29, 0.717) is 30.9 Å². The number of nitrogens with zero attached hydrogens (tertiary/aromatic N) is 3. The van der Waals surface area contributed by atoms with Gasteiger partial charge in [-0.3, -0.25) is 4.79 Å². The van der Waals surface area contributed by atoms with Crippen molar-refractivity contribution in [1.82, 2.24) is 14.5 Å². The molecular weight excluding hydrogens is 372 g/mol. The number of carbonyl (C=O) groups excluding carboxylic acids is 1. The monoisotopic (exact) mass is 394 g/mol. The van der Waals surface area contributed by atoms with Crippen LogP contribution in [0.15, 0.2) is 30.3 Å². The number of rotatable bonds is 6. The Morgan fingerprint density at radius 1 is 1.31 bits per heavy atom. The molecule has 26 heavy (non-hydrogen) atoms. The number of piperidine rings is 1. The molecular formula is C17H22N4O3S2. The van der Waals surface area contributed by atoms with Crippen molar-refractivity contribution in [1.29, 1.82) is 0 Å². The topological polar surface area (TPSA) is 92.3 Å². The maximum atomic E-state index is 12.5. The maximum Gasteiger partial charge on any atom is 0.230 e. The molecule has 1 aromatic heterocycles. The fraction of sp³-hybridized carbons (Fsp3) is 0.471. The number of anilines is 1. The van der Waals surface area contributed by atoms with Crippen LogP contribution < -0.4 is 5.32 Å². The van der Waals surface area contributed by atoms with E-state index in [1.807, 2.05) is 30.3 Å². The average Bonchev–Trinajstić information content (AvgIpc) is 3.09. The number of sulfonamides is 1. The quantitative estimate of drug-likeness (QED) is 0.810. The summed E-state index contributed by atoms with van der Waals surface area (Å²) in [5.74, 6) is -0.490. The summed E-state index contributed by atoms with van der Waals surface area (Å²) in [5, 5.41) is 12.2. The minimum absolute atomic E-state index is 0.0561. The van der Waals surface area contributed by atoms with E-state index in [1.54, 1.807) is 6.92 Å². The summed E-state index contributed by atoms with van der Waals surface area (Å²) in [6.07, 6.45) is 2.03. The van der Waals surface area contributed by atoms with E-state index in [1.165, 1.54) is 15.6 Å². The molecule has 1 N–H and O–H groups in total. The lowest BCUT2D eigenvalue weighted by atomic mass is 9.99. The Balaban J connectivity index is 1.60. The maximum absolute atomic E-state index is 12.5. The van der Waals surface area contributed by atoms with Gasteiger partial charge in [0, 0.05) is 19.5 Å². The Morgan fingerprint density at radius 3 is 2.81 bits per heavy atom. The molecule has 1 aliphatic rings. The first kappa shape index (κ1) is 18.9. The van der Waals surface area contributed by atoms with Crippen molar-refractivity contribution in [2.24, 2.45) is 5.92 Å². The van der Waals surface area contributed by atoms with Gasteiger partial charge in [-0.15, -0.1) is 10.2 Å². The van der Waals surface area contributed by atoms with E-state index in [2.05, 4.69) is 15.5 Å². The number of carbonyl (C=O) groups is 1. The first-order chi connectivity index (χ1) is 12.5. The van der Waals surface area contributed by atoms with Gasteiger partial charge in [0.25, 0.3) is 0 Å². The number of aromatic nitrogens is 2. The van der Waals surface area contributed by atoms with Crippen LogP contribution in [-0.4, -0.2) is 47.7 Å². The second kappa shape index (κ2) is 8.24. The normalized spacial score (nSPS) is 18.6. The first-order valence-electron chi connectivity index (χ1n) is 8.63. The van der Waals surface area contributed by atoms with Gasteiger partial charge >= 0.3 is 0 Å². The minimum atomic E-state index is -3.26. The lowest BCUT2D eigenvalue weighted by Crippen LogP contribution is -2.44.